The fourth-order valence-electron chi connectivity index (χ4n) is 3.12. The molecular weight excluding hydrogens is 336 g/mol. The minimum absolute atomic E-state index is 0.0136. The van der Waals surface area contributed by atoms with Crippen LogP contribution in [-0.2, 0) is 9.59 Å². The Kier molecular flexibility index (Phi) is 20.5. The lowest BCUT2D eigenvalue weighted by molar-refractivity contribution is -0.125. The number of carbonyl (C=O) groups is 2. The Morgan fingerprint density at radius 1 is 0.852 bits per heavy atom. The number of ketones is 1. The van der Waals surface area contributed by atoms with E-state index in [9.17, 15) is 9.59 Å². The van der Waals surface area contributed by atoms with Crippen LogP contribution in [0.5, 0.6) is 0 Å². The molecule has 0 aliphatic heterocycles. The summed E-state index contributed by atoms with van der Waals surface area (Å²) in [7, 11) is 0. The summed E-state index contributed by atoms with van der Waals surface area (Å²) in [5.74, 6) is 0.0136. The van der Waals surface area contributed by atoms with Crippen molar-refractivity contribution in [2.24, 2.45) is 5.73 Å². The van der Waals surface area contributed by atoms with Gasteiger partial charge in [0.25, 0.3) is 0 Å². The summed E-state index contributed by atoms with van der Waals surface area (Å²) < 4.78 is 0. The van der Waals surface area contributed by atoms with E-state index in [0.717, 1.165) is 25.5 Å². The molecule has 0 rings (SSSR count). The Morgan fingerprint density at radius 3 is 1.96 bits per heavy atom. The molecule has 1 unspecified atom stereocenters. The predicted molar refractivity (Wildman–Crippen MR) is 116 cm³/mol. The number of hydrogen-bond donors (Lipinski definition) is 2. The van der Waals surface area contributed by atoms with E-state index in [1.54, 1.807) is 0 Å². The summed E-state index contributed by atoms with van der Waals surface area (Å²) in [6, 6.07) is -0.645. The van der Waals surface area contributed by atoms with E-state index < -0.39 is 6.04 Å². The van der Waals surface area contributed by atoms with Gasteiger partial charge in [0.05, 0.1) is 0 Å². The summed E-state index contributed by atoms with van der Waals surface area (Å²) in [4.78, 5) is 22.9. The zero-order valence-electron chi connectivity index (χ0n) is 17.7. The maximum absolute atomic E-state index is 12.0. The van der Waals surface area contributed by atoms with Gasteiger partial charge in [0.2, 0.25) is 0 Å². The van der Waals surface area contributed by atoms with Crippen LogP contribution in [0.2, 0.25) is 0 Å². The van der Waals surface area contributed by atoms with Gasteiger partial charge in [-0.25, -0.2) is 0 Å². The maximum Gasteiger partial charge on any atom is 0.157 e. The highest BCUT2D eigenvalue weighted by Crippen LogP contribution is 2.10. The van der Waals surface area contributed by atoms with Gasteiger partial charge in [-0.15, -0.1) is 0 Å². The summed E-state index contributed by atoms with van der Waals surface area (Å²) in [6.07, 6.45) is 22.9. The molecule has 0 saturated heterocycles. The average molecular weight is 381 g/mol. The molecule has 0 aromatic carbocycles. The number of allylic oxidation sites excluding steroid dienone is 2. The molecule has 4 heteroatoms. The second-order valence-corrected chi connectivity index (χ2v) is 7.51. The number of aldehydes is 1. The molecule has 0 aliphatic carbocycles. The summed E-state index contributed by atoms with van der Waals surface area (Å²) in [5, 5.41) is 2.97. The normalized spacial score (nSPS) is 12.5. The van der Waals surface area contributed by atoms with Crippen LogP contribution in [0.1, 0.15) is 103 Å². The predicted octanol–water partition coefficient (Wildman–Crippen LogP) is 5.10. The lowest BCUT2D eigenvalue weighted by atomic mass is 10.0. The quantitative estimate of drug-likeness (QED) is 0.126. The highest BCUT2D eigenvalue weighted by molar-refractivity contribution is 5.97. The Hall–Kier alpha value is -1.00. The Labute approximate surface area is 167 Å². The highest BCUT2D eigenvalue weighted by Gasteiger charge is 2.15. The second-order valence-electron chi connectivity index (χ2n) is 7.51. The van der Waals surface area contributed by atoms with Gasteiger partial charge in [0.15, 0.2) is 5.78 Å². The number of rotatable bonds is 21. The van der Waals surface area contributed by atoms with Crippen molar-refractivity contribution in [3.8, 4) is 0 Å². The number of nitrogens with two attached hydrogens (primary N) is 1. The van der Waals surface area contributed by atoms with E-state index in [0.29, 0.717) is 19.5 Å². The Bertz CT molecular complexity index is 369. The van der Waals surface area contributed by atoms with Crippen LogP contribution in [0.15, 0.2) is 12.2 Å². The van der Waals surface area contributed by atoms with Crippen molar-refractivity contribution in [2.75, 3.05) is 13.1 Å². The molecular formula is C23H44N2O2. The van der Waals surface area contributed by atoms with Crippen molar-refractivity contribution >= 4 is 12.1 Å². The monoisotopic (exact) mass is 380 g/mol. The minimum atomic E-state index is -0.645. The molecule has 0 amide bonds. The van der Waals surface area contributed by atoms with Crippen molar-refractivity contribution in [3.63, 3.8) is 0 Å². The molecule has 4 nitrogen and oxygen atoms in total. The summed E-state index contributed by atoms with van der Waals surface area (Å²) in [5.41, 5.74) is 5.41. The molecule has 3 N–H and O–H groups in total. The minimum Gasteiger partial charge on any atom is -0.330 e. The first-order valence-corrected chi connectivity index (χ1v) is 11.3. The molecule has 1 atom stereocenters. The van der Waals surface area contributed by atoms with Crippen molar-refractivity contribution in [3.05, 3.63) is 12.2 Å². The largest absolute Gasteiger partial charge is 0.330 e. The van der Waals surface area contributed by atoms with Gasteiger partial charge in [-0.2, -0.15) is 0 Å². The van der Waals surface area contributed by atoms with Crippen molar-refractivity contribution in [2.45, 2.75) is 109 Å². The van der Waals surface area contributed by atoms with Gasteiger partial charge >= 0.3 is 0 Å². The molecule has 0 aromatic rings. The molecule has 158 valence electrons. The molecule has 0 aromatic heterocycles. The van der Waals surface area contributed by atoms with Crippen LogP contribution in [0.4, 0.5) is 0 Å². The lowest BCUT2D eigenvalue weighted by Gasteiger charge is -2.11. The van der Waals surface area contributed by atoms with E-state index in [2.05, 4.69) is 24.4 Å². The number of hydrogen-bond acceptors (Lipinski definition) is 4. The number of carbonyl (C=O) groups excluding carboxylic acids is 2. The van der Waals surface area contributed by atoms with Crippen molar-refractivity contribution in [1.29, 1.82) is 0 Å². The van der Waals surface area contributed by atoms with Crippen LogP contribution in [-0.4, -0.2) is 31.2 Å². The van der Waals surface area contributed by atoms with E-state index in [4.69, 9.17) is 5.73 Å². The van der Waals surface area contributed by atoms with Crippen LogP contribution in [0.25, 0.3) is 0 Å². The smallest absolute Gasteiger partial charge is 0.157 e. The van der Waals surface area contributed by atoms with Crippen molar-refractivity contribution in [1.82, 2.24) is 5.32 Å². The van der Waals surface area contributed by atoms with Gasteiger partial charge in [-0.3, -0.25) is 4.79 Å². The van der Waals surface area contributed by atoms with Gasteiger partial charge in [0, 0.05) is 6.42 Å². The number of Topliss-reactive ketones (excluding diaryl/α,β-unsaturated/α-hetero) is 1. The second kappa shape index (κ2) is 21.3. The molecule has 0 heterocycles. The first-order chi connectivity index (χ1) is 13.3. The van der Waals surface area contributed by atoms with E-state index in [-0.39, 0.29) is 5.78 Å². The Balaban J connectivity index is 3.41. The van der Waals surface area contributed by atoms with Crippen LogP contribution < -0.4 is 11.1 Å². The maximum atomic E-state index is 12.0. The highest BCUT2D eigenvalue weighted by atomic mass is 16.1. The Morgan fingerprint density at radius 2 is 1.41 bits per heavy atom. The molecule has 0 radical (unpaired) electrons. The number of nitrogens with one attached hydrogen (secondary N) is 1. The molecule has 0 fully saturated rings. The number of unbranched alkanes of at least 4 members (excludes halogenated alkanes) is 11. The standard InChI is InChI=1S/C23H44N2O2/c1-2-3-4-5-6-7-8-9-10-11-12-13-14-15-16-18-23(27)22(21-26)25-20-17-19-24/h9-10,21-22,25H,2-8,11-20,24H2,1H3/b10-9-. The molecule has 0 bridgehead atoms. The van der Waals surface area contributed by atoms with Crippen LogP contribution in [0, 0.1) is 0 Å². The van der Waals surface area contributed by atoms with Crippen LogP contribution in [0.3, 0.4) is 0 Å². The van der Waals surface area contributed by atoms with Gasteiger partial charge in [-0.05, 0) is 51.6 Å². The fourth-order valence-corrected chi connectivity index (χ4v) is 3.12. The molecule has 0 saturated carbocycles. The molecule has 0 spiro atoms. The first-order valence-electron chi connectivity index (χ1n) is 11.3. The van der Waals surface area contributed by atoms with E-state index in [1.807, 2.05) is 0 Å². The zero-order valence-corrected chi connectivity index (χ0v) is 17.7. The zero-order chi connectivity index (χ0) is 20.0. The fraction of sp³-hybridized carbons (Fsp3) is 0.826. The van der Waals surface area contributed by atoms with Crippen molar-refractivity contribution < 1.29 is 9.59 Å². The molecule has 27 heavy (non-hydrogen) atoms. The third-order valence-electron chi connectivity index (χ3n) is 4.91. The lowest BCUT2D eigenvalue weighted by Crippen LogP contribution is -2.39. The summed E-state index contributed by atoms with van der Waals surface area (Å²) >= 11 is 0. The summed E-state index contributed by atoms with van der Waals surface area (Å²) in [6.45, 7) is 3.45. The third kappa shape index (κ3) is 18.1. The van der Waals surface area contributed by atoms with Crippen LogP contribution >= 0.6 is 0 Å². The topological polar surface area (TPSA) is 72.2 Å². The SMILES string of the molecule is CCCCCCCC/C=C\CCCCCCCC(=O)C(C=O)NCCCN. The van der Waals surface area contributed by atoms with E-state index >= 15 is 0 Å². The van der Waals surface area contributed by atoms with E-state index in [1.165, 1.54) is 70.6 Å². The van der Waals surface area contributed by atoms with Gasteiger partial charge in [-0.1, -0.05) is 70.4 Å². The molecule has 0 aliphatic rings. The van der Waals surface area contributed by atoms with Gasteiger partial charge < -0.3 is 15.8 Å². The average Bonchev–Trinajstić information content (AvgIpc) is 2.68. The third-order valence-corrected chi connectivity index (χ3v) is 4.91. The van der Waals surface area contributed by atoms with Gasteiger partial charge in [0.1, 0.15) is 12.3 Å². The first kappa shape index (κ1) is 26.0.